The molecule has 0 bridgehead atoms. The van der Waals surface area contributed by atoms with Crippen LogP contribution < -0.4 is 21.9 Å². The van der Waals surface area contributed by atoms with Crippen molar-refractivity contribution < 1.29 is 18.0 Å². The highest BCUT2D eigenvalue weighted by atomic mass is 19.4. The molecule has 1 atom stereocenters. The van der Waals surface area contributed by atoms with E-state index in [-0.39, 0.29) is 30.1 Å². The fraction of sp³-hybridized carbons (Fsp3) is 0.444. The van der Waals surface area contributed by atoms with E-state index in [1.165, 1.54) is 0 Å². The van der Waals surface area contributed by atoms with Gasteiger partial charge in [0.05, 0.1) is 6.04 Å². The van der Waals surface area contributed by atoms with Crippen LogP contribution in [0.5, 0.6) is 0 Å². The molecule has 0 aromatic carbocycles. The second-order valence-corrected chi connectivity index (χ2v) is 3.95. The van der Waals surface area contributed by atoms with Crippen molar-refractivity contribution in [3.8, 4) is 0 Å². The standard InChI is InChI=1S/C9H11F3N6O/c10-9(11,12)5-2-6(17-8(16-5)18-13)15-4-1-7(19)14-3-4/h2,4H,1,3,13H2,(H,14,19)(H2,15,16,17,18). The van der Waals surface area contributed by atoms with Gasteiger partial charge in [0, 0.05) is 19.0 Å². The summed E-state index contributed by atoms with van der Waals surface area (Å²) in [4.78, 5) is 18.0. The van der Waals surface area contributed by atoms with E-state index in [9.17, 15) is 18.0 Å². The largest absolute Gasteiger partial charge is 0.433 e. The predicted molar refractivity (Wildman–Crippen MR) is 59.9 cm³/mol. The number of anilines is 2. The number of rotatable bonds is 3. The maximum atomic E-state index is 12.6. The van der Waals surface area contributed by atoms with Crippen molar-refractivity contribution in [3.05, 3.63) is 11.8 Å². The maximum absolute atomic E-state index is 12.6. The zero-order valence-electron chi connectivity index (χ0n) is 9.58. The number of nitrogen functional groups attached to an aromatic ring is 1. The van der Waals surface area contributed by atoms with Crippen molar-refractivity contribution in [2.24, 2.45) is 5.84 Å². The van der Waals surface area contributed by atoms with Crippen molar-refractivity contribution in [2.45, 2.75) is 18.6 Å². The highest BCUT2D eigenvalue weighted by molar-refractivity contribution is 5.79. The molecule has 0 spiro atoms. The van der Waals surface area contributed by atoms with Crippen LogP contribution in [0.15, 0.2) is 6.07 Å². The molecular weight excluding hydrogens is 265 g/mol. The van der Waals surface area contributed by atoms with Crippen LogP contribution in [0, 0.1) is 0 Å². The monoisotopic (exact) mass is 276 g/mol. The molecule has 104 valence electrons. The molecule has 10 heteroatoms. The molecule has 1 aromatic heterocycles. The smallest absolute Gasteiger partial charge is 0.365 e. The van der Waals surface area contributed by atoms with Crippen molar-refractivity contribution in [2.75, 3.05) is 17.3 Å². The number of carbonyl (C=O) groups is 1. The van der Waals surface area contributed by atoms with Gasteiger partial charge in [-0.1, -0.05) is 0 Å². The average molecular weight is 276 g/mol. The Labute approximate surface area is 105 Å². The lowest BCUT2D eigenvalue weighted by atomic mass is 10.2. The molecule has 2 heterocycles. The van der Waals surface area contributed by atoms with Crippen LogP contribution in [-0.2, 0) is 11.0 Å². The van der Waals surface area contributed by atoms with Gasteiger partial charge >= 0.3 is 6.18 Å². The molecule has 0 saturated carbocycles. The van der Waals surface area contributed by atoms with Gasteiger partial charge < -0.3 is 10.6 Å². The SMILES string of the molecule is NNc1nc(NC2CNC(=O)C2)cc(C(F)(F)F)n1. The molecule has 1 aromatic rings. The third-order valence-corrected chi connectivity index (χ3v) is 2.48. The van der Waals surface area contributed by atoms with Crippen molar-refractivity contribution >= 4 is 17.7 Å². The van der Waals surface area contributed by atoms with Gasteiger partial charge in [-0.3, -0.25) is 10.2 Å². The third kappa shape index (κ3) is 3.22. The van der Waals surface area contributed by atoms with Gasteiger partial charge in [0.25, 0.3) is 0 Å². The lowest BCUT2D eigenvalue weighted by molar-refractivity contribution is -0.141. The molecule has 0 radical (unpaired) electrons. The van der Waals surface area contributed by atoms with Gasteiger partial charge in [-0.2, -0.15) is 18.2 Å². The molecule has 2 rings (SSSR count). The highest BCUT2D eigenvalue weighted by Gasteiger charge is 2.34. The number of nitrogens with two attached hydrogens (primary N) is 1. The number of nitrogens with one attached hydrogen (secondary N) is 3. The summed E-state index contributed by atoms with van der Waals surface area (Å²) in [6.45, 7) is 0.329. The van der Waals surface area contributed by atoms with Gasteiger partial charge in [-0.15, -0.1) is 0 Å². The van der Waals surface area contributed by atoms with E-state index in [0.717, 1.165) is 6.07 Å². The Kier molecular flexibility index (Phi) is 3.42. The number of alkyl halides is 3. The maximum Gasteiger partial charge on any atom is 0.433 e. The average Bonchev–Trinajstić information content (AvgIpc) is 2.73. The first-order chi connectivity index (χ1) is 8.88. The van der Waals surface area contributed by atoms with Crippen LogP contribution in [0.3, 0.4) is 0 Å². The minimum Gasteiger partial charge on any atom is -0.365 e. The summed E-state index contributed by atoms with van der Waals surface area (Å²) in [7, 11) is 0. The number of hydrogen-bond acceptors (Lipinski definition) is 6. The Bertz CT molecular complexity index is 491. The number of halogens is 3. The molecule has 1 unspecified atom stereocenters. The van der Waals surface area contributed by atoms with E-state index >= 15 is 0 Å². The normalized spacial score (nSPS) is 19.2. The third-order valence-electron chi connectivity index (χ3n) is 2.48. The lowest BCUT2D eigenvalue weighted by Gasteiger charge is -2.14. The second kappa shape index (κ2) is 4.88. The summed E-state index contributed by atoms with van der Waals surface area (Å²) in [6, 6.07) is 0.456. The van der Waals surface area contributed by atoms with E-state index in [4.69, 9.17) is 5.84 Å². The summed E-state index contributed by atoms with van der Waals surface area (Å²) in [5.41, 5.74) is 0.853. The van der Waals surface area contributed by atoms with Crippen molar-refractivity contribution in [1.29, 1.82) is 0 Å². The number of hydrazine groups is 1. The van der Waals surface area contributed by atoms with Crippen LogP contribution in [0.4, 0.5) is 24.9 Å². The Hall–Kier alpha value is -2.10. The first kappa shape index (κ1) is 13.3. The van der Waals surface area contributed by atoms with Gasteiger partial charge in [-0.05, 0) is 0 Å². The molecule has 1 aliphatic heterocycles. The van der Waals surface area contributed by atoms with Gasteiger partial charge in [-0.25, -0.2) is 10.8 Å². The van der Waals surface area contributed by atoms with Gasteiger partial charge in [0.1, 0.15) is 5.82 Å². The number of aromatic nitrogens is 2. The van der Waals surface area contributed by atoms with Crippen LogP contribution in [0.2, 0.25) is 0 Å². The quantitative estimate of drug-likeness (QED) is 0.460. The molecular formula is C9H11F3N6O. The summed E-state index contributed by atoms with van der Waals surface area (Å²) in [6.07, 6.45) is -4.43. The van der Waals surface area contributed by atoms with E-state index in [0.29, 0.717) is 6.54 Å². The summed E-state index contributed by atoms with van der Waals surface area (Å²) in [5, 5.41) is 5.28. The number of nitrogens with zero attached hydrogens (tertiary/aromatic N) is 2. The Morgan fingerprint density at radius 1 is 1.42 bits per heavy atom. The molecule has 0 aliphatic carbocycles. The van der Waals surface area contributed by atoms with E-state index in [1.807, 2.05) is 5.43 Å². The van der Waals surface area contributed by atoms with Crippen molar-refractivity contribution in [3.63, 3.8) is 0 Å². The molecule has 1 amide bonds. The van der Waals surface area contributed by atoms with E-state index < -0.39 is 11.9 Å². The highest BCUT2D eigenvalue weighted by Crippen LogP contribution is 2.29. The Balaban J connectivity index is 2.22. The van der Waals surface area contributed by atoms with Crippen LogP contribution >= 0.6 is 0 Å². The van der Waals surface area contributed by atoms with Gasteiger partial charge in [0.2, 0.25) is 11.9 Å². The van der Waals surface area contributed by atoms with Crippen molar-refractivity contribution in [1.82, 2.24) is 15.3 Å². The summed E-state index contributed by atoms with van der Waals surface area (Å²) in [5.74, 6) is 4.46. The molecule has 1 saturated heterocycles. The minimum absolute atomic E-state index is 0.0447. The van der Waals surface area contributed by atoms with Crippen LogP contribution in [0.1, 0.15) is 12.1 Å². The number of amides is 1. The fourth-order valence-electron chi connectivity index (χ4n) is 1.65. The van der Waals surface area contributed by atoms with Gasteiger partial charge in [0.15, 0.2) is 5.69 Å². The molecule has 19 heavy (non-hydrogen) atoms. The predicted octanol–water partition coefficient (Wildman–Crippen LogP) is 0.0814. The zero-order chi connectivity index (χ0) is 14.0. The summed E-state index contributed by atoms with van der Waals surface area (Å²) >= 11 is 0. The molecule has 1 fully saturated rings. The fourth-order valence-corrected chi connectivity index (χ4v) is 1.65. The molecule has 5 N–H and O–H groups in total. The first-order valence-corrected chi connectivity index (χ1v) is 5.34. The lowest BCUT2D eigenvalue weighted by Crippen LogP contribution is -2.24. The van der Waals surface area contributed by atoms with E-state index in [2.05, 4.69) is 20.6 Å². The molecule has 7 nitrogen and oxygen atoms in total. The second-order valence-electron chi connectivity index (χ2n) is 3.95. The topological polar surface area (TPSA) is 105 Å². The summed E-state index contributed by atoms with van der Waals surface area (Å²) < 4.78 is 37.8. The molecule has 1 aliphatic rings. The Morgan fingerprint density at radius 2 is 2.16 bits per heavy atom. The zero-order valence-corrected chi connectivity index (χ0v) is 9.58. The number of hydrogen-bond donors (Lipinski definition) is 4. The number of carbonyl (C=O) groups excluding carboxylic acids is 1. The Morgan fingerprint density at radius 3 is 2.68 bits per heavy atom. The first-order valence-electron chi connectivity index (χ1n) is 5.34. The minimum atomic E-state index is -4.60. The van der Waals surface area contributed by atoms with E-state index in [1.54, 1.807) is 0 Å². The van der Waals surface area contributed by atoms with Crippen LogP contribution in [-0.4, -0.2) is 28.5 Å². The van der Waals surface area contributed by atoms with Crippen LogP contribution in [0.25, 0.3) is 0 Å².